The van der Waals surface area contributed by atoms with Crippen LogP contribution in [-0.4, -0.2) is 33.4 Å². The summed E-state index contributed by atoms with van der Waals surface area (Å²) in [6, 6.07) is 8.12. The van der Waals surface area contributed by atoms with Crippen LogP contribution in [0.3, 0.4) is 0 Å². The summed E-state index contributed by atoms with van der Waals surface area (Å²) in [5, 5.41) is 3.93. The zero-order valence-electron chi connectivity index (χ0n) is 19.6. The highest BCUT2D eigenvalue weighted by atomic mass is 32.2. The van der Waals surface area contributed by atoms with E-state index in [1.54, 1.807) is 15.9 Å². The summed E-state index contributed by atoms with van der Waals surface area (Å²) in [5.41, 5.74) is 3.30. The van der Waals surface area contributed by atoms with Crippen molar-refractivity contribution >= 4 is 39.2 Å². The quantitative estimate of drug-likeness (QED) is 0.373. The molecule has 2 aromatic heterocycles. The van der Waals surface area contributed by atoms with E-state index in [1.807, 2.05) is 45.0 Å². The molecular weight excluding hydrogens is 454 g/mol. The summed E-state index contributed by atoms with van der Waals surface area (Å²) in [7, 11) is 0. The molecule has 1 fully saturated rings. The largest absolute Gasteiger partial charge is 0.376 e. The molecule has 1 saturated heterocycles. The van der Waals surface area contributed by atoms with Crippen molar-refractivity contribution in [2.45, 2.75) is 76.6 Å². The molecule has 176 valence electrons. The number of nitrogens with zero attached hydrogens (tertiary/aromatic N) is 2. The number of carbonyl (C=O) groups is 1. The molecule has 0 saturated carbocycles. The van der Waals surface area contributed by atoms with Gasteiger partial charge >= 0.3 is 0 Å². The first-order chi connectivity index (χ1) is 15.9. The number of carbonyl (C=O) groups excluding carboxylic acids is 1. The minimum absolute atomic E-state index is 0.0109. The van der Waals surface area contributed by atoms with Gasteiger partial charge in [-0.2, -0.15) is 0 Å². The molecule has 33 heavy (non-hydrogen) atoms. The Balaban J connectivity index is 1.58. The normalized spacial score (nSPS) is 16.9. The first kappa shape index (κ1) is 24.0. The van der Waals surface area contributed by atoms with Crippen LogP contribution in [0, 0.1) is 13.8 Å². The van der Waals surface area contributed by atoms with Gasteiger partial charge in [0.05, 0.1) is 23.3 Å². The van der Waals surface area contributed by atoms with Gasteiger partial charge in [-0.3, -0.25) is 14.2 Å². The number of thioether (sulfide) groups is 1. The molecule has 1 aromatic carbocycles. The maximum absolute atomic E-state index is 13.6. The SMILES string of the molecule is CCc1c(C)sc2nc(SC(C)C(=O)NCc3ccc(C)cc3)n(CC3CCCO3)c(=O)c12. The molecule has 8 heteroatoms. The van der Waals surface area contributed by atoms with Gasteiger partial charge in [0.1, 0.15) is 4.83 Å². The number of rotatable bonds is 8. The molecule has 2 unspecified atom stereocenters. The highest BCUT2D eigenvalue weighted by molar-refractivity contribution is 8.00. The summed E-state index contributed by atoms with van der Waals surface area (Å²) in [6.45, 7) is 9.69. The van der Waals surface area contributed by atoms with E-state index in [2.05, 4.69) is 12.2 Å². The summed E-state index contributed by atoms with van der Waals surface area (Å²) < 4.78 is 7.55. The molecule has 1 amide bonds. The number of ether oxygens (including phenoxy) is 1. The Labute approximate surface area is 202 Å². The van der Waals surface area contributed by atoms with Gasteiger partial charge in [0.2, 0.25) is 5.91 Å². The van der Waals surface area contributed by atoms with Crippen LogP contribution in [0.2, 0.25) is 0 Å². The van der Waals surface area contributed by atoms with Crippen molar-refractivity contribution in [3.8, 4) is 0 Å². The Morgan fingerprint density at radius 1 is 1.33 bits per heavy atom. The number of amides is 1. The van der Waals surface area contributed by atoms with E-state index in [1.165, 1.54) is 17.3 Å². The average molecular weight is 486 g/mol. The third-order valence-corrected chi connectivity index (χ3v) is 8.21. The maximum Gasteiger partial charge on any atom is 0.263 e. The van der Waals surface area contributed by atoms with E-state index < -0.39 is 0 Å². The monoisotopic (exact) mass is 485 g/mol. The lowest BCUT2D eigenvalue weighted by Crippen LogP contribution is -2.33. The van der Waals surface area contributed by atoms with E-state index >= 15 is 0 Å². The van der Waals surface area contributed by atoms with E-state index in [-0.39, 0.29) is 22.8 Å². The lowest BCUT2D eigenvalue weighted by molar-refractivity contribution is -0.120. The number of benzene rings is 1. The number of aryl methyl sites for hydroxylation is 3. The second kappa shape index (κ2) is 10.4. The van der Waals surface area contributed by atoms with Crippen LogP contribution >= 0.6 is 23.1 Å². The van der Waals surface area contributed by atoms with Crippen molar-refractivity contribution < 1.29 is 9.53 Å². The van der Waals surface area contributed by atoms with Crippen molar-refractivity contribution in [3.63, 3.8) is 0 Å². The standard InChI is InChI=1S/C25H31N3O3S2/c1-5-20-16(3)32-23-21(20)24(30)28(14-19-7-6-12-31-19)25(27-23)33-17(4)22(29)26-13-18-10-8-15(2)9-11-18/h8-11,17,19H,5-7,12-14H2,1-4H3,(H,26,29). The van der Waals surface area contributed by atoms with Gasteiger partial charge < -0.3 is 10.1 Å². The summed E-state index contributed by atoms with van der Waals surface area (Å²) in [5.74, 6) is -0.0739. The lowest BCUT2D eigenvalue weighted by atomic mass is 10.1. The second-order valence-corrected chi connectivity index (χ2v) is 11.1. The molecule has 1 N–H and O–H groups in total. The molecule has 0 bridgehead atoms. The number of nitrogens with one attached hydrogen (secondary N) is 1. The van der Waals surface area contributed by atoms with Crippen molar-refractivity contribution in [2.24, 2.45) is 0 Å². The Morgan fingerprint density at radius 2 is 2.09 bits per heavy atom. The van der Waals surface area contributed by atoms with E-state index in [9.17, 15) is 9.59 Å². The van der Waals surface area contributed by atoms with Crippen LogP contribution in [0.25, 0.3) is 10.2 Å². The molecule has 0 spiro atoms. The van der Waals surface area contributed by atoms with Gasteiger partial charge in [0.25, 0.3) is 5.56 Å². The summed E-state index contributed by atoms with van der Waals surface area (Å²) >= 11 is 2.90. The van der Waals surface area contributed by atoms with Gasteiger partial charge in [-0.15, -0.1) is 11.3 Å². The van der Waals surface area contributed by atoms with Crippen molar-refractivity contribution in [2.75, 3.05) is 6.61 Å². The van der Waals surface area contributed by atoms with Gasteiger partial charge in [0, 0.05) is 18.0 Å². The smallest absolute Gasteiger partial charge is 0.263 e. The third kappa shape index (κ3) is 5.34. The minimum Gasteiger partial charge on any atom is -0.376 e. The van der Waals surface area contributed by atoms with E-state index in [0.29, 0.717) is 18.2 Å². The van der Waals surface area contributed by atoms with Gasteiger partial charge in [-0.1, -0.05) is 48.5 Å². The molecule has 3 aromatic rings. The highest BCUT2D eigenvalue weighted by Crippen LogP contribution is 2.31. The zero-order valence-corrected chi connectivity index (χ0v) is 21.3. The zero-order chi connectivity index (χ0) is 23.5. The van der Waals surface area contributed by atoms with Crippen LogP contribution in [0.5, 0.6) is 0 Å². The van der Waals surface area contributed by atoms with Crippen molar-refractivity contribution in [3.05, 3.63) is 56.2 Å². The Morgan fingerprint density at radius 3 is 2.76 bits per heavy atom. The fourth-order valence-corrected chi connectivity index (χ4v) is 6.25. The predicted octanol–water partition coefficient (Wildman–Crippen LogP) is 4.61. The first-order valence-electron chi connectivity index (χ1n) is 11.5. The van der Waals surface area contributed by atoms with Crippen LogP contribution in [0.15, 0.2) is 34.2 Å². The molecular formula is C25H31N3O3S2. The number of fused-ring (bicyclic) bond motifs is 1. The topological polar surface area (TPSA) is 73.2 Å². The second-order valence-electron chi connectivity index (χ2n) is 8.58. The summed E-state index contributed by atoms with van der Waals surface area (Å²) in [4.78, 5) is 33.2. The average Bonchev–Trinajstić information content (AvgIpc) is 3.42. The number of hydrogen-bond donors (Lipinski definition) is 1. The fraction of sp³-hybridized carbons (Fsp3) is 0.480. The number of thiophene rings is 1. The molecule has 1 aliphatic heterocycles. The number of hydrogen-bond acceptors (Lipinski definition) is 6. The maximum atomic E-state index is 13.6. The molecule has 2 atom stereocenters. The van der Waals surface area contributed by atoms with Crippen molar-refractivity contribution in [1.29, 1.82) is 0 Å². The molecule has 6 nitrogen and oxygen atoms in total. The Bertz CT molecular complexity index is 1190. The van der Waals surface area contributed by atoms with E-state index in [4.69, 9.17) is 9.72 Å². The molecule has 0 aliphatic carbocycles. The van der Waals surface area contributed by atoms with Crippen LogP contribution in [0.4, 0.5) is 0 Å². The Hall–Kier alpha value is -2.16. The van der Waals surface area contributed by atoms with Gasteiger partial charge in [0.15, 0.2) is 5.16 Å². The Kier molecular flexibility index (Phi) is 7.56. The highest BCUT2D eigenvalue weighted by Gasteiger charge is 2.25. The first-order valence-corrected chi connectivity index (χ1v) is 13.2. The van der Waals surface area contributed by atoms with Crippen LogP contribution < -0.4 is 10.9 Å². The minimum atomic E-state index is -0.387. The molecule has 4 rings (SSSR count). The van der Waals surface area contributed by atoms with Crippen LogP contribution in [-0.2, 0) is 29.0 Å². The van der Waals surface area contributed by atoms with Crippen LogP contribution in [0.1, 0.15) is 48.3 Å². The predicted molar refractivity (Wildman–Crippen MR) is 135 cm³/mol. The summed E-state index contributed by atoms with van der Waals surface area (Å²) in [6.07, 6.45) is 2.75. The van der Waals surface area contributed by atoms with Gasteiger partial charge in [-0.05, 0) is 51.2 Å². The molecule has 1 aliphatic rings. The lowest BCUT2D eigenvalue weighted by Gasteiger charge is -2.18. The van der Waals surface area contributed by atoms with Gasteiger partial charge in [-0.25, -0.2) is 4.98 Å². The van der Waals surface area contributed by atoms with Crippen molar-refractivity contribution in [1.82, 2.24) is 14.9 Å². The van der Waals surface area contributed by atoms with E-state index in [0.717, 1.165) is 52.1 Å². The third-order valence-electron chi connectivity index (χ3n) is 6.08. The number of aromatic nitrogens is 2. The molecule has 3 heterocycles. The fourth-order valence-electron chi connectivity index (χ4n) is 4.15. The molecule has 0 radical (unpaired) electrons.